The van der Waals surface area contributed by atoms with Gasteiger partial charge in [0.2, 0.25) is 5.91 Å². The minimum atomic E-state index is -0.300. The molecule has 1 amide bonds. The van der Waals surface area contributed by atoms with E-state index in [1.54, 1.807) is 0 Å². The summed E-state index contributed by atoms with van der Waals surface area (Å²) in [6.45, 7) is 3.28. The zero-order chi connectivity index (χ0) is 17.5. The molecule has 0 aliphatic heterocycles. The summed E-state index contributed by atoms with van der Waals surface area (Å²) >= 11 is 0. The monoisotopic (exact) mass is 397 g/mol. The minimum Gasteiger partial charge on any atom is -0.352 e. The Bertz CT molecular complexity index is 665. The van der Waals surface area contributed by atoms with E-state index in [0.717, 1.165) is 17.7 Å². The lowest BCUT2D eigenvalue weighted by atomic mass is 9.94. The van der Waals surface area contributed by atoms with Crippen molar-refractivity contribution in [3.8, 4) is 0 Å². The summed E-state index contributed by atoms with van der Waals surface area (Å²) in [6, 6.07) is 17.7. The SMILES string of the molecule is CC(C(=O)NCc1cccc(CN(C)C)c1)C(N)c1ccccc1.Cl.Cl. The maximum absolute atomic E-state index is 12.4. The lowest BCUT2D eigenvalue weighted by Gasteiger charge is -2.20. The Hall–Kier alpha value is -1.59. The van der Waals surface area contributed by atoms with E-state index in [2.05, 4.69) is 22.3 Å². The van der Waals surface area contributed by atoms with Crippen molar-refractivity contribution >= 4 is 30.7 Å². The second-order valence-electron chi connectivity index (χ2n) is 6.50. The third-order valence-corrected chi connectivity index (χ3v) is 4.09. The van der Waals surface area contributed by atoms with Crippen molar-refractivity contribution in [3.63, 3.8) is 0 Å². The summed E-state index contributed by atoms with van der Waals surface area (Å²) in [5, 5.41) is 3.00. The number of amides is 1. The van der Waals surface area contributed by atoms with Crippen LogP contribution in [0.3, 0.4) is 0 Å². The Morgan fingerprint density at radius 3 is 2.27 bits per heavy atom. The Morgan fingerprint density at radius 1 is 1.04 bits per heavy atom. The van der Waals surface area contributed by atoms with Crippen molar-refractivity contribution in [1.82, 2.24) is 10.2 Å². The highest BCUT2D eigenvalue weighted by Crippen LogP contribution is 2.19. The summed E-state index contributed by atoms with van der Waals surface area (Å²) in [7, 11) is 4.09. The van der Waals surface area contributed by atoms with Crippen LogP contribution in [0.1, 0.15) is 29.7 Å². The van der Waals surface area contributed by atoms with Crippen molar-refractivity contribution < 1.29 is 4.79 Å². The number of nitrogens with zero attached hydrogens (tertiary/aromatic N) is 1. The molecule has 0 radical (unpaired) electrons. The van der Waals surface area contributed by atoms with Crippen LogP contribution in [-0.2, 0) is 17.9 Å². The van der Waals surface area contributed by atoms with Gasteiger partial charge in [-0.3, -0.25) is 4.79 Å². The first kappa shape index (κ1) is 24.4. The van der Waals surface area contributed by atoms with Gasteiger partial charge in [0, 0.05) is 19.1 Å². The quantitative estimate of drug-likeness (QED) is 0.750. The molecular formula is C20H29Cl2N3O. The van der Waals surface area contributed by atoms with E-state index in [0.29, 0.717) is 6.54 Å². The van der Waals surface area contributed by atoms with Crippen LogP contribution in [0.25, 0.3) is 0 Å². The first-order chi connectivity index (χ1) is 11.5. The molecule has 0 spiro atoms. The molecule has 0 saturated carbocycles. The molecule has 26 heavy (non-hydrogen) atoms. The number of nitrogens with two attached hydrogens (primary N) is 1. The fraction of sp³-hybridized carbons (Fsp3) is 0.350. The predicted molar refractivity (Wildman–Crippen MR) is 113 cm³/mol. The molecule has 0 aliphatic carbocycles. The third-order valence-electron chi connectivity index (χ3n) is 4.09. The van der Waals surface area contributed by atoms with Crippen molar-refractivity contribution in [2.24, 2.45) is 11.7 Å². The number of rotatable bonds is 7. The fourth-order valence-corrected chi connectivity index (χ4v) is 2.68. The highest BCUT2D eigenvalue weighted by atomic mass is 35.5. The molecule has 4 nitrogen and oxygen atoms in total. The van der Waals surface area contributed by atoms with Gasteiger partial charge < -0.3 is 16.0 Å². The van der Waals surface area contributed by atoms with Crippen molar-refractivity contribution in [2.45, 2.75) is 26.1 Å². The van der Waals surface area contributed by atoms with Crippen molar-refractivity contribution in [3.05, 3.63) is 71.3 Å². The summed E-state index contributed by atoms with van der Waals surface area (Å²) in [6.07, 6.45) is 0. The Balaban J connectivity index is 0.00000312. The predicted octanol–water partition coefficient (Wildman–Crippen LogP) is 3.54. The first-order valence-corrected chi connectivity index (χ1v) is 8.28. The molecule has 0 aliphatic rings. The largest absolute Gasteiger partial charge is 0.352 e. The van der Waals surface area contributed by atoms with Crippen LogP contribution in [0.4, 0.5) is 0 Å². The van der Waals surface area contributed by atoms with E-state index in [4.69, 9.17) is 5.73 Å². The summed E-state index contributed by atoms with van der Waals surface area (Å²) in [5.74, 6) is -0.304. The van der Waals surface area contributed by atoms with Gasteiger partial charge in [0.15, 0.2) is 0 Å². The van der Waals surface area contributed by atoms with E-state index >= 15 is 0 Å². The van der Waals surface area contributed by atoms with E-state index in [-0.39, 0.29) is 42.7 Å². The van der Waals surface area contributed by atoms with Gasteiger partial charge in [-0.2, -0.15) is 0 Å². The van der Waals surface area contributed by atoms with Crippen LogP contribution in [-0.4, -0.2) is 24.9 Å². The van der Waals surface area contributed by atoms with Gasteiger partial charge in [0.1, 0.15) is 0 Å². The molecule has 2 unspecified atom stereocenters. The zero-order valence-electron chi connectivity index (χ0n) is 15.5. The molecule has 2 aromatic rings. The molecule has 2 aromatic carbocycles. The Morgan fingerprint density at radius 2 is 1.65 bits per heavy atom. The molecular weight excluding hydrogens is 369 g/mol. The van der Waals surface area contributed by atoms with Crippen LogP contribution in [0.2, 0.25) is 0 Å². The van der Waals surface area contributed by atoms with E-state index in [1.165, 1.54) is 5.56 Å². The average Bonchev–Trinajstić information content (AvgIpc) is 2.59. The molecule has 6 heteroatoms. The maximum Gasteiger partial charge on any atom is 0.225 e. The van der Waals surface area contributed by atoms with Crippen molar-refractivity contribution in [1.29, 1.82) is 0 Å². The molecule has 2 atom stereocenters. The van der Waals surface area contributed by atoms with Gasteiger partial charge in [-0.25, -0.2) is 0 Å². The van der Waals surface area contributed by atoms with Crippen LogP contribution in [0, 0.1) is 5.92 Å². The number of carbonyl (C=O) groups excluding carboxylic acids is 1. The van der Waals surface area contributed by atoms with Gasteiger partial charge >= 0.3 is 0 Å². The number of carbonyl (C=O) groups is 1. The van der Waals surface area contributed by atoms with Crippen LogP contribution >= 0.6 is 24.8 Å². The highest BCUT2D eigenvalue weighted by Gasteiger charge is 2.21. The molecule has 0 bridgehead atoms. The normalized spacial score (nSPS) is 12.5. The van der Waals surface area contributed by atoms with Gasteiger partial charge in [0.25, 0.3) is 0 Å². The van der Waals surface area contributed by atoms with E-state index < -0.39 is 0 Å². The molecule has 0 heterocycles. The smallest absolute Gasteiger partial charge is 0.225 e. The maximum atomic E-state index is 12.4. The van der Waals surface area contributed by atoms with Gasteiger partial charge in [-0.1, -0.05) is 61.5 Å². The standard InChI is InChI=1S/C20H27N3O.2ClH/c1-15(19(21)18-10-5-4-6-11-18)20(24)22-13-16-8-7-9-17(12-16)14-23(2)3;;/h4-12,15,19H,13-14,21H2,1-3H3,(H,22,24);2*1H. The van der Waals surface area contributed by atoms with E-state index in [1.807, 2.05) is 63.5 Å². The highest BCUT2D eigenvalue weighted by molar-refractivity contribution is 5.85. The van der Waals surface area contributed by atoms with Gasteiger partial charge in [-0.15, -0.1) is 24.8 Å². The van der Waals surface area contributed by atoms with Gasteiger partial charge in [-0.05, 0) is 30.8 Å². The van der Waals surface area contributed by atoms with Crippen LogP contribution < -0.4 is 11.1 Å². The lowest BCUT2D eigenvalue weighted by Crippen LogP contribution is -2.35. The minimum absolute atomic E-state index is 0. The summed E-state index contributed by atoms with van der Waals surface area (Å²) in [5.41, 5.74) is 9.54. The Labute approximate surface area is 169 Å². The second kappa shape index (κ2) is 11.9. The third kappa shape index (κ3) is 7.34. The topological polar surface area (TPSA) is 58.4 Å². The average molecular weight is 398 g/mol. The number of halogens is 2. The van der Waals surface area contributed by atoms with Crippen LogP contribution in [0.15, 0.2) is 54.6 Å². The summed E-state index contributed by atoms with van der Waals surface area (Å²) < 4.78 is 0. The zero-order valence-corrected chi connectivity index (χ0v) is 17.1. The Kier molecular flexibility index (Phi) is 11.2. The molecule has 0 aromatic heterocycles. The number of hydrogen-bond donors (Lipinski definition) is 2. The van der Waals surface area contributed by atoms with Gasteiger partial charge in [0.05, 0.1) is 5.92 Å². The summed E-state index contributed by atoms with van der Waals surface area (Å²) in [4.78, 5) is 14.5. The number of nitrogens with one attached hydrogen (secondary N) is 1. The second-order valence-corrected chi connectivity index (χ2v) is 6.50. The van der Waals surface area contributed by atoms with E-state index in [9.17, 15) is 4.79 Å². The molecule has 0 saturated heterocycles. The van der Waals surface area contributed by atoms with Crippen molar-refractivity contribution in [2.75, 3.05) is 14.1 Å². The first-order valence-electron chi connectivity index (χ1n) is 8.28. The molecule has 3 N–H and O–H groups in total. The van der Waals surface area contributed by atoms with Crippen LogP contribution in [0.5, 0.6) is 0 Å². The number of hydrogen-bond acceptors (Lipinski definition) is 3. The lowest BCUT2D eigenvalue weighted by molar-refractivity contribution is -0.125. The fourth-order valence-electron chi connectivity index (χ4n) is 2.68. The molecule has 2 rings (SSSR count). The molecule has 0 fully saturated rings. The number of benzene rings is 2. The molecule has 144 valence electrons.